The maximum atomic E-state index is 11.9. The molecule has 2 aliphatic heterocycles. The van der Waals surface area contributed by atoms with E-state index in [1.807, 2.05) is 36.1 Å². The minimum absolute atomic E-state index is 0.0118. The molecule has 5 rings (SSSR count). The molecule has 0 bridgehead atoms. The van der Waals surface area contributed by atoms with Crippen LogP contribution in [0.1, 0.15) is 17.5 Å². The molecule has 0 atom stereocenters. The summed E-state index contributed by atoms with van der Waals surface area (Å²) in [4.78, 5) is 16.0. The highest BCUT2D eigenvalue weighted by Gasteiger charge is 2.49. The van der Waals surface area contributed by atoms with Crippen LogP contribution < -0.4 is 9.64 Å². The number of ether oxygens (including phenoxy) is 1. The Labute approximate surface area is 186 Å². The number of hydrogen-bond acceptors (Lipinski definition) is 5. The van der Waals surface area contributed by atoms with E-state index in [-0.39, 0.29) is 11.3 Å². The van der Waals surface area contributed by atoms with Crippen molar-refractivity contribution in [1.82, 2.24) is 15.1 Å². The zero-order valence-corrected chi connectivity index (χ0v) is 18.3. The maximum Gasteiger partial charge on any atom is 0.245 e. The summed E-state index contributed by atoms with van der Waals surface area (Å²) < 4.78 is 5.71. The van der Waals surface area contributed by atoms with Gasteiger partial charge < -0.3 is 14.5 Å². The quantitative estimate of drug-likeness (QED) is 0.643. The zero-order chi connectivity index (χ0) is 22.5. The second kappa shape index (κ2) is 7.41. The van der Waals surface area contributed by atoms with Gasteiger partial charge in [0.2, 0.25) is 5.91 Å². The number of anilines is 1. The standard InChI is InChI=1S/C25H25N5O2/c1-4-22(31)30-14-25(15-30)9-10-29(13-25)20-7-8-21(32-3)24(17(20)11-26)23-16(2)5-6-19-18(23)12-27-28-19/h4-8,12H,1,9-10,13-15H2,2-3H3,(H,27,28). The number of nitrogens with one attached hydrogen (secondary N) is 1. The largest absolute Gasteiger partial charge is 0.496 e. The molecule has 0 unspecified atom stereocenters. The molecular weight excluding hydrogens is 402 g/mol. The fraction of sp³-hybridized carbons (Fsp3) is 0.320. The highest BCUT2D eigenvalue weighted by atomic mass is 16.5. The first-order chi connectivity index (χ1) is 15.5. The van der Waals surface area contributed by atoms with E-state index in [4.69, 9.17) is 4.74 Å². The Morgan fingerprint density at radius 2 is 2.09 bits per heavy atom. The SMILES string of the molecule is C=CC(=O)N1CC2(CCN(c3ccc(OC)c(-c4c(C)ccc5[nH]ncc45)c3C#N)C2)C1. The molecule has 2 fully saturated rings. The second-order valence-electron chi connectivity index (χ2n) is 8.81. The predicted molar refractivity (Wildman–Crippen MR) is 124 cm³/mol. The summed E-state index contributed by atoms with van der Waals surface area (Å²) in [5, 5.41) is 18.5. The highest BCUT2D eigenvalue weighted by Crippen LogP contribution is 2.46. The summed E-state index contributed by atoms with van der Waals surface area (Å²) in [5.74, 6) is 0.657. The number of likely N-dealkylation sites (tertiary alicyclic amines) is 1. The third-order valence-corrected chi connectivity index (χ3v) is 6.88. The van der Waals surface area contributed by atoms with Gasteiger partial charge in [0.05, 0.1) is 30.1 Å². The van der Waals surface area contributed by atoms with Gasteiger partial charge in [0.15, 0.2) is 0 Å². The van der Waals surface area contributed by atoms with Crippen LogP contribution in [0.5, 0.6) is 5.75 Å². The molecule has 3 heterocycles. The van der Waals surface area contributed by atoms with Crippen molar-refractivity contribution >= 4 is 22.5 Å². The molecule has 7 nitrogen and oxygen atoms in total. The van der Waals surface area contributed by atoms with Crippen LogP contribution in [0.15, 0.2) is 43.1 Å². The number of rotatable bonds is 4. The topological polar surface area (TPSA) is 85.2 Å². The van der Waals surface area contributed by atoms with Crippen LogP contribution in [-0.2, 0) is 4.79 Å². The van der Waals surface area contributed by atoms with E-state index >= 15 is 0 Å². The Kier molecular flexibility index (Phi) is 4.66. The summed E-state index contributed by atoms with van der Waals surface area (Å²) in [6, 6.07) is 10.4. The summed E-state index contributed by atoms with van der Waals surface area (Å²) in [5.41, 5.74) is 5.35. The Morgan fingerprint density at radius 3 is 2.81 bits per heavy atom. The number of aromatic amines is 1. The lowest BCUT2D eigenvalue weighted by molar-refractivity contribution is -0.136. The number of carbonyl (C=O) groups excluding carboxylic acids is 1. The lowest BCUT2D eigenvalue weighted by atomic mass is 9.79. The molecule has 0 radical (unpaired) electrons. The van der Waals surface area contributed by atoms with Gasteiger partial charge in [0.1, 0.15) is 11.8 Å². The highest BCUT2D eigenvalue weighted by molar-refractivity contribution is 6.00. The number of fused-ring (bicyclic) bond motifs is 1. The smallest absolute Gasteiger partial charge is 0.245 e. The monoisotopic (exact) mass is 427 g/mol. The minimum Gasteiger partial charge on any atom is -0.496 e. The van der Waals surface area contributed by atoms with Crippen LogP contribution in [0, 0.1) is 23.7 Å². The molecule has 1 spiro atoms. The zero-order valence-electron chi connectivity index (χ0n) is 18.3. The van der Waals surface area contributed by atoms with E-state index in [0.29, 0.717) is 11.3 Å². The van der Waals surface area contributed by atoms with E-state index in [1.165, 1.54) is 6.08 Å². The average Bonchev–Trinajstić information content (AvgIpc) is 3.44. The first-order valence-corrected chi connectivity index (χ1v) is 10.7. The Balaban J connectivity index is 1.57. The van der Waals surface area contributed by atoms with Crippen LogP contribution in [0.25, 0.3) is 22.0 Å². The van der Waals surface area contributed by atoms with Crippen LogP contribution in [0.4, 0.5) is 5.69 Å². The molecular formula is C25H25N5O2. The van der Waals surface area contributed by atoms with Crippen molar-refractivity contribution in [3.63, 3.8) is 0 Å². The van der Waals surface area contributed by atoms with Gasteiger partial charge in [0.25, 0.3) is 0 Å². The molecule has 162 valence electrons. The van der Waals surface area contributed by atoms with E-state index < -0.39 is 0 Å². The van der Waals surface area contributed by atoms with Crippen molar-refractivity contribution in [2.45, 2.75) is 13.3 Å². The van der Waals surface area contributed by atoms with E-state index in [1.54, 1.807) is 13.3 Å². The van der Waals surface area contributed by atoms with Crippen LogP contribution in [0.3, 0.4) is 0 Å². The van der Waals surface area contributed by atoms with Gasteiger partial charge in [0, 0.05) is 48.1 Å². The minimum atomic E-state index is -0.0118. The number of H-pyrrole nitrogens is 1. The molecule has 2 aliphatic rings. The predicted octanol–water partition coefficient (Wildman–Crippen LogP) is 3.64. The van der Waals surface area contributed by atoms with Crippen molar-refractivity contribution < 1.29 is 9.53 Å². The number of methoxy groups -OCH3 is 1. The fourth-order valence-corrected chi connectivity index (χ4v) is 5.27. The molecule has 0 saturated carbocycles. The fourth-order valence-electron chi connectivity index (χ4n) is 5.27. The first-order valence-electron chi connectivity index (χ1n) is 10.7. The van der Waals surface area contributed by atoms with Gasteiger partial charge in [-0.15, -0.1) is 0 Å². The van der Waals surface area contributed by atoms with E-state index in [2.05, 4.69) is 27.7 Å². The van der Waals surface area contributed by atoms with Gasteiger partial charge in [-0.2, -0.15) is 10.4 Å². The number of amides is 1. The average molecular weight is 428 g/mol. The Hall–Kier alpha value is -3.79. The number of hydrogen-bond donors (Lipinski definition) is 1. The molecule has 1 aromatic heterocycles. The van der Waals surface area contributed by atoms with Crippen LogP contribution in [-0.4, -0.2) is 54.3 Å². The van der Waals surface area contributed by atoms with Crippen LogP contribution in [0.2, 0.25) is 0 Å². The van der Waals surface area contributed by atoms with E-state index in [0.717, 1.165) is 65.9 Å². The maximum absolute atomic E-state index is 11.9. The van der Waals surface area contributed by atoms with Gasteiger partial charge in [-0.1, -0.05) is 12.6 Å². The molecule has 3 aromatic rings. The molecule has 1 amide bonds. The lowest BCUT2D eigenvalue weighted by Gasteiger charge is -2.47. The van der Waals surface area contributed by atoms with E-state index in [9.17, 15) is 10.1 Å². The molecule has 0 aliphatic carbocycles. The van der Waals surface area contributed by atoms with Crippen molar-refractivity contribution in [1.29, 1.82) is 5.26 Å². The van der Waals surface area contributed by atoms with Crippen molar-refractivity contribution in [3.05, 3.63) is 54.2 Å². The Morgan fingerprint density at radius 1 is 1.28 bits per heavy atom. The number of nitrogens with zero attached hydrogens (tertiary/aromatic N) is 4. The number of aryl methyl sites for hydroxylation is 1. The molecule has 1 N–H and O–H groups in total. The lowest BCUT2D eigenvalue weighted by Crippen LogP contribution is -2.59. The summed E-state index contributed by atoms with van der Waals surface area (Å²) >= 11 is 0. The summed E-state index contributed by atoms with van der Waals surface area (Å²) in [6.45, 7) is 8.79. The summed E-state index contributed by atoms with van der Waals surface area (Å²) in [6.07, 6.45) is 4.17. The van der Waals surface area contributed by atoms with Crippen molar-refractivity contribution in [2.75, 3.05) is 38.2 Å². The van der Waals surface area contributed by atoms with Gasteiger partial charge in [-0.25, -0.2) is 0 Å². The second-order valence-corrected chi connectivity index (χ2v) is 8.81. The number of carbonyl (C=O) groups is 1. The molecule has 2 aromatic carbocycles. The Bertz CT molecular complexity index is 1280. The number of benzene rings is 2. The summed E-state index contributed by atoms with van der Waals surface area (Å²) in [7, 11) is 1.63. The molecule has 2 saturated heterocycles. The van der Waals surface area contributed by atoms with Gasteiger partial charge >= 0.3 is 0 Å². The van der Waals surface area contributed by atoms with Gasteiger partial charge in [-0.05, 0) is 43.2 Å². The molecule has 32 heavy (non-hydrogen) atoms. The third-order valence-electron chi connectivity index (χ3n) is 6.88. The van der Waals surface area contributed by atoms with Crippen LogP contribution >= 0.6 is 0 Å². The number of nitriles is 1. The normalized spacial score (nSPS) is 16.8. The van der Waals surface area contributed by atoms with Crippen molar-refractivity contribution in [2.24, 2.45) is 5.41 Å². The first kappa shape index (κ1) is 20.1. The van der Waals surface area contributed by atoms with Crippen molar-refractivity contribution in [3.8, 4) is 22.9 Å². The third kappa shape index (κ3) is 2.94. The molecule has 7 heteroatoms. The number of aromatic nitrogens is 2. The van der Waals surface area contributed by atoms with Gasteiger partial charge in [-0.3, -0.25) is 9.89 Å².